The van der Waals surface area contributed by atoms with Gasteiger partial charge in [0.25, 0.3) is 12.3 Å². The van der Waals surface area contributed by atoms with E-state index >= 15 is 0 Å². The van der Waals surface area contributed by atoms with E-state index in [4.69, 9.17) is 10.5 Å². The van der Waals surface area contributed by atoms with Crippen LogP contribution in [0.1, 0.15) is 28.2 Å². The number of carbonyl (C=O) groups excluding carboxylic acids is 1. The molecule has 6 heteroatoms. The number of pyridine rings is 1. The fourth-order valence-corrected chi connectivity index (χ4v) is 1.23. The van der Waals surface area contributed by atoms with E-state index in [0.29, 0.717) is 5.69 Å². The zero-order valence-corrected chi connectivity index (χ0v) is 8.25. The van der Waals surface area contributed by atoms with Gasteiger partial charge in [-0.15, -0.1) is 0 Å². The smallest absolute Gasteiger partial charge is 0.281 e. The standard InChI is InChI=1S/C9H10F2N2O2/c1-4-3-5(15-2)6(9(12)14)7(13-4)8(10)11/h3,8H,1-2H3,(H2,12,14). The highest BCUT2D eigenvalue weighted by atomic mass is 19.3. The van der Waals surface area contributed by atoms with E-state index in [1.54, 1.807) is 0 Å². The van der Waals surface area contributed by atoms with Crippen LogP contribution in [0.2, 0.25) is 0 Å². The molecule has 1 aromatic heterocycles. The number of aryl methyl sites for hydroxylation is 1. The van der Waals surface area contributed by atoms with Gasteiger partial charge in [-0.05, 0) is 6.92 Å². The minimum atomic E-state index is -2.86. The van der Waals surface area contributed by atoms with Crippen LogP contribution in [0.15, 0.2) is 6.07 Å². The molecule has 0 saturated carbocycles. The molecule has 0 spiro atoms. The van der Waals surface area contributed by atoms with Gasteiger partial charge in [0.2, 0.25) is 0 Å². The molecule has 1 heterocycles. The number of nitrogens with two attached hydrogens (primary N) is 1. The van der Waals surface area contributed by atoms with Gasteiger partial charge in [-0.25, -0.2) is 8.78 Å². The van der Waals surface area contributed by atoms with Crippen LogP contribution in [-0.2, 0) is 0 Å². The van der Waals surface area contributed by atoms with Gasteiger partial charge in [0.15, 0.2) is 0 Å². The second kappa shape index (κ2) is 4.20. The molecule has 1 rings (SSSR count). The van der Waals surface area contributed by atoms with Crippen LogP contribution in [-0.4, -0.2) is 18.0 Å². The summed E-state index contributed by atoms with van der Waals surface area (Å²) in [6.07, 6.45) is -2.86. The molecular weight excluding hydrogens is 206 g/mol. The van der Waals surface area contributed by atoms with E-state index in [1.807, 2.05) is 0 Å². The Balaban J connectivity index is 3.47. The van der Waals surface area contributed by atoms with E-state index in [2.05, 4.69) is 4.98 Å². The third-order valence-electron chi connectivity index (χ3n) is 1.81. The summed E-state index contributed by atoms with van der Waals surface area (Å²) in [5.74, 6) is -0.958. The van der Waals surface area contributed by atoms with E-state index < -0.39 is 18.0 Å². The summed E-state index contributed by atoms with van der Waals surface area (Å²) in [5.41, 5.74) is 4.32. The highest BCUT2D eigenvalue weighted by Gasteiger charge is 2.23. The Hall–Kier alpha value is -1.72. The average Bonchev–Trinajstić information content (AvgIpc) is 2.15. The third kappa shape index (κ3) is 2.20. The van der Waals surface area contributed by atoms with E-state index in [0.717, 1.165) is 0 Å². The number of aromatic nitrogens is 1. The molecule has 1 amide bonds. The predicted molar refractivity (Wildman–Crippen MR) is 49.0 cm³/mol. The van der Waals surface area contributed by atoms with Crippen molar-refractivity contribution in [1.29, 1.82) is 0 Å². The van der Waals surface area contributed by atoms with E-state index in [9.17, 15) is 13.6 Å². The molecule has 0 radical (unpaired) electrons. The van der Waals surface area contributed by atoms with Crippen LogP contribution < -0.4 is 10.5 Å². The Labute approximate surface area is 85.1 Å². The van der Waals surface area contributed by atoms with Crippen molar-refractivity contribution in [1.82, 2.24) is 4.98 Å². The quantitative estimate of drug-likeness (QED) is 0.831. The van der Waals surface area contributed by atoms with Crippen LogP contribution in [0, 0.1) is 6.92 Å². The summed E-state index contributed by atoms with van der Waals surface area (Å²) in [6.45, 7) is 1.53. The highest BCUT2D eigenvalue weighted by Crippen LogP contribution is 2.28. The lowest BCUT2D eigenvalue weighted by Gasteiger charge is -2.10. The SMILES string of the molecule is COc1cc(C)nc(C(F)F)c1C(N)=O. The van der Waals surface area contributed by atoms with Gasteiger partial charge in [-0.2, -0.15) is 0 Å². The van der Waals surface area contributed by atoms with Crippen LogP contribution >= 0.6 is 0 Å². The van der Waals surface area contributed by atoms with Crippen molar-refractivity contribution < 1.29 is 18.3 Å². The zero-order valence-electron chi connectivity index (χ0n) is 8.25. The lowest BCUT2D eigenvalue weighted by Crippen LogP contribution is -2.17. The van der Waals surface area contributed by atoms with Gasteiger partial charge in [0.1, 0.15) is 17.0 Å². The summed E-state index contributed by atoms with van der Waals surface area (Å²) >= 11 is 0. The summed E-state index contributed by atoms with van der Waals surface area (Å²) < 4.78 is 29.9. The van der Waals surface area contributed by atoms with Crippen molar-refractivity contribution in [3.63, 3.8) is 0 Å². The molecule has 4 nitrogen and oxygen atoms in total. The van der Waals surface area contributed by atoms with Crippen molar-refractivity contribution in [3.05, 3.63) is 23.0 Å². The number of ether oxygens (including phenoxy) is 1. The van der Waals surface area contributed by atoms with Crippen molar-refractivity contribution in [2.24, 2.45) is 5.73 Å². The zero-order chi connectivity index (χ0) is 11.6. The molecule has 0 saturated heterocycles. The van der Waals surface area contributed by atoms with Crippen LogP contribution in [0.25, 0.3) is 0 Å². The first-order valence-corrected chi connectivity index (χ1v) is 4.10. The number of hydrogen-bond acceptors (Lipinski definition) is 3. The van der Waals surface area contributed by atoms with Gasteiger partial charge in [0, 0.05) is 11.8 Å². The largest absolute Gasteiger partial charge is 0.496 e. The molecule has 15 heavy (non-hydrogen) atoms. The normalized spacial score (nSPS) is 10.5. The van der Waals surface area contributed by atoms with Gasteiger partial charge in [0.05, 0.1) is 7.11 Å². The molecule has 82 valence electrons. The minimum absolute atomic E-state index is 0.0188. The van der Waals surface area contributed by atoms with Gasteiger partial charge < -0.3 is 10.5 Å². The lowest BCUT2D eigenvalue weighted by atomic mass is 10.1. The van der Waals surface area contributed by atoms with Crippen molar-refractivity contribution in [3.8, 4) is 5.75 Å². The first-order valence-electron chi connectivity index (χ1n) is 4.10. The number of amides is 1. The second-order valence-corrected chi connectivity index (χ2v) is 2.89. The summed E-state index contributed by atoms with van der Waals surface area (Å²) in [4.78, 5) is 14.6. The van der Waals surface area contributed by atoms with E-state index in [1.165, 1.54) is 20.1 Å². The number of nitrogens with zero attached hydrogens (tertiary/aromatic N) is 1. The maximum absolute atomic E-state index is 12.6. The highest BCUT2D eigenvalue weighted by molar-refractivity contribution is 5.96. The molecule has 0 aliphatic heterocycles. The number of hydrogen-bond donors (Lipinski definition) is 1. The summed E-state index contributed by atoms with van der Waals surface area (Å²) in [6, 6.07) is 1.38. The van der Waals surface area contributed by atoms with E-state index in [-0.39, 0.29) is 11.3 Å². The van der Waals surface area contributed by atoms with Gasteiger partial charge in [-0.1, -0.05) is 0 Å². The Morgan fingerprint density at radius 1 is 1.60 bits per heavy atom. The summed E-state index contributed by atoms with van der Waals surface area (Å²) in [5, 5.41) is 0. The Morgan fingerprint density at radius 3 is 2.60 bits per heavy atom. The topological polar surface area (TPSA) is 65.2 Å². The second-order valence-electron chi connectivity index (χ2n) is 2.89. The summed E-state index contributed by atoms with van der Waals surface area (Å²) in [7, 11) is 1.27. The Kier molecular flexibility index (Phi) is 3.18. The monoisotopic (exact) mass is 216 g/mol. The van der Waals surface area contributed by atoms with Crippen molar-refractivity contribution >= 4 is 5.91 Å². The van der Waals surface area contributed by atoms with Crippen LogP contribution in [0.5, 0.6) is 5.75 Å². The third-order valence-corrected chi connectivity index (χ3v) is 1.81. The first-order chi connectivity index (χ1) is 6.97. The maximum Gasteiger partial charge on any atom is 0.281 e. The molecule has 0 atom stereocenters. The minimum Gasteiger partial charge on any atom is -0.496 e. The number of halogens is 2. The lowest BCUT2D eigenvalue weighted by molar-refractivity contribution is 0.0978. The fraction of sp³-hybridized carbons (Fsp3) is 0.333. The van der Waals surface area contributed by atoms with Crippen molar-refractivity contribution in [2.45, 2.75) is 13.3 Å². The molecule has 0 bridgehead atoms. The molecule has 0 aliphatic rings. The number of carbonyl (C=O) groups is 1. The fourth-order valence-electron chi connectivity index (χ4n) is 1.23. The Bertz CT molecular complexity index is 394. The molecule has 2 N–H and O–H groups in total. The molecule has 0 unspecified atom stereocenters. The molecule has 0 aliphatic carbocycles. The Morgan fingerprint density at radius 2 is 2.20 bits per heavy atom. The van der Waals surface area contributed by atoms with Crippen molar-refractivity contribution in [2.75, 3.05) is 7.11 Å². The molecule has 0 aromatic carbocycles. The van der Waals surface area contributed by atoms with Gasteiger partial charge in [-0.3, -0.25) is 9.78 Å². The molecular formula is C9H10F2N2O2. The van der Waals surface area contributed by atoms with Gasteiger partial charge >= 0.3 is 0 Å². The maximum atomic E-state index is 12.6. The van der Waals surface area contributed by atoms with Crippen LogP contribution in [0.3, 0.4) is 0 Å². The molecule has 1 aromatic rings. The average molecular weight is 216 g/mol. The number of methoxy groups -OCH3 is 1. The number of rotatable bonds is 3. The molecule has 0 fully saturated rings. The predicted octanol–water partition coefficient (Wildman–Crippen LogP) is 1.44. The number of alkyl halides is 2. The van der Waals surface area contributed by atoms with Crippen LogP contribution in [0.4, 0.5) is 8.78 Å². The number of primary amides is 1. The first kappa shape index (κ1) is 11.4.